The SMILES string of the molecule is Cc1ccc(C)c(OCCCN(CC(C)O)C(C)C)c1. The zero-order valence-corrected chi connectivity index (χ0v) is 13.5. The summed E-state index contributed by atoms with van der Waals surface area (Å²) in [5.41, 5.74) is 2.41. The average molecular weight is 279 g/mol. The molecule has 0 radical (unpaired) electrons. The van der Waals surface area contributed by atoms with Gasteiger partial charge in [-0.1, -0.05) is 12.1 Å². The number of aliphatic hydroxyl groups excluding tert-OH is 1. The highest BCUT2D eigenvalue weighted by Gasteiger charge is 2.11. The van der Waals surface area contributed by atoms with E-state index in [0.717, 1.165) is 25.3 Å². The van der Waals surface area contributed by atoms with Crippen LogP contribution in [-0.2, 0) is 0 Å². The van der Waals surface area contributed by atoms with E-state index in [1.54, 1.807) is 0 Å². The van der Waals surface area contributed by atoms with E-state index in [2.05, 4.69) is 50.8 Å². The third kappa shape index (κ3) is 5.93. The van der Waals surface area contributed by atoms with Crippen molar-refractivity contribution in [2.45, 2.75) is 53.2 Å². The summed E-state index contributed by atoms with van der Waals surface area (Å²) in [4.78, 5) is 2.29. The molecule has 0 spiro atoms. The second kappa shape index (κ2) is 8.28. The zero-order chi connectivity index (χ0) is 15.1. The van der Waals surface area contributed by atoms with Gasteiger partial charge < -0.3 is 9.84 Å². The Balaban J connectivity index is 2.38. The van der Waals surface area contributed by atoms with Crippen LogP contribution in [0.1, 0.15) is 38.3 Å². The third-order valence-corrected chi connectivity index (χ3v) is 3.42. The molecule has 20 heavy (non-hydrogen) atoms. The van der Waals surface area contributed by atoms with Gasteiger partial charge in [-0.2, -0.15) is 0 Å². The van der Waals surface area contributed by atoms with Gasteiger partial charge in [0.15, 0.2) is 0 Å². The average Bonchev–Trinajstić information content (AvgIpc) is 2.36. The molecule has 0 aromatic heterocycles. The molecule has 1 aromatic rings. The molecule has 0 saturated carbocycles. The number of benzene rings is 1. The van der Waals surface area contributed by atoms with Crippen LogP contribution in [0.2, 0.25) is 0 Å². The predicted octanol–water partition coefficient (Wildman–Crippen LogP) is 3.16. The maximum absolute atomic E-state index is 9.50. The number of hydrogen-bond acceptors (Lipinski definition) is 3. The molecular weight excluding hydrogens is 250 g/mol. The molecule has 0 bridgehead atoms. The van der Waals surface area contributed by atoms with Crippen LogP contribution < -0.4 is 4.74 Å². The summed E-state index contributed by atoms with van der Waals surface area (Å²) in [7, 11) is 0. The molecule has 0 aliphatic heterocycles. The fourth-order valence-electron chi connectivity index (χ4n) is 2.21. The van der Waals surface area contributed by atoms with Crippen molar-refractivity contribution >= 4 is 0 Å². The molecule has 0 aliphatic carbocycles. The topological polar surface area (TPSA) is 32.7 Å². The van der Waals surface area contributed by atoms with Crippen LogP contribution in [0.4, 0.5) is 0 Å². The van der Waals surface area contributed by atoms with E-state index < -0.39 is 0 Å². The Morgan fingerprint density at radius 2 is 1.90 bits per heavy atom. The molecule has 0 saturated heterocycles. The van der Waals surface area contributed by atoms with Gasteiger partial charge in [0.1, 0.15) is 5.75 Å². The summed E-state index contributed by atoms with van der Waals surface area (Å²) < 4.78 is 5.86. The molecule has 0 heterocycles. The smallest absolute Gasteiger partial charge is 0.122 e. The Kier molecular flexibility index (Phi) is 7.03. The van der Waals surface area contributed by atoms with E-state index in [-0.39, 0.29) is 6.10 Å². The summed E-state index contributed by atoms with van der Waals surface area (Å²) in [6.07, 6.45) is 0.690. The zero-order valence-electron chi connectivity index (χ0n) is 13.5. The fourth-order valence-corrected chi connectivity index (χ4v) is 2.21. The number of rotatable bonds is 8. The molecule has 0 fully saturated rings. The second-order valence-corrected chi connectivity index (χ2v) is 5.91. The normalized spacial score (nSPS) is 13.0. The lowest BCUT2D eigenvalue weighted by Crippen LogP contribution is -2.37. The highest BCUT2D eigenvalue weighted by Crippen LogP contribution is 2.19. The monoisotopic (exact) mass is 279 g/mol. The molecule has 3 nitrogen and oxygen atoms in total. The van der Waals surface area contributed by atoms with Gasteiger partial charge >= 0.3 is 0 Å². The first-order valence-electron chi connectivity index (χ1n) is 7.52. The molecule has 114 valence electrons. The van der Waals surface area contributed by atoms with Crippen LogP contribution in [0.15, 0.2) is 18.2 Å². The Labute approximate surface area is 123 Å². The largest absolute Gasteiger partial charge is 0.493 e. The minimum absolute atomic E-state index is 0.280. The van der Waals surface area contributed by atoms with E-state index in [4.69, 9.17) is 4.74 Å². The summed E-state index contributed by atoms with van der Waals surface area (Å²) in [5, 5.41) is 9.50. The van der Waals surface area contributed by atoms with Crippen LogP contribution >= 0.6 is 0 Å². The van der Waals surface area contributed by atoms with E-state index in [9.17, 15) is 5.11 Å². The Bertz CT molecular complexity index is 402. The molecule has 1 N–H and O–H groups in total. The minimum atomic E-state index is -0.280. The minimum Gasteiger partial charge on any atom is -0.493 e. The molecule has 1 aromatic carbocycles. The van der Waals surface area contributed by atoms with Crippen LogP contribution in [0, 0.1) is 13.8 Å². The van der Waals surface area contributed by atoms with Gasteiger partial charge in [-0.3, -0.25) is 4.90 Å². The van der Waals surface area contributed by atoms with Crippen molar-refractivity contribution in [2.24, 2.45) is 0 Å². The first-order valence-corrected chi connectivity index (χ1v) is 7.52. The number of ether oxygens (including phenoxy) is 1. The van der Waals surface area contributed by atoms with Gasteiger partial charge in [0.25, 0.3) is 0 Å². The Morgan fingerprint density at radius 1 is 1.20 bits per heavy atom. The summed E-state index contributed by atoms with van der Waals surface area (Å²) in [6, 6.07) is 6.74. The van der Waals surface area contributed by atoms with Gasteiger partial charge in [0.05, 0.1) is 12.7 Å². The van der Waals surface area contributed by atoms with Crippen LogP contribution in [0.5, 0.6) is 5.75 Å². The van der Waals surface area contributed by atoms with Gasteiger partial charge in [0.2, 0.25) is 0 Å². The second-order valence-electron chi connectivity index (χ2n) is 5.91. The summed E-state index contributed by atoms with van der Waals surface area (Å²) in [5.74, 6) is 0.983. The van der Waals surface area contributed by atoms with Gasteiger partial charge in [-0.25, -0.2) is 0 Å². The fraction of sp³-hybridized carbons (Fsp3) is 0.647. The maximum atomic E-state index is 9.50. The molecule has 0 amide bonds. The number of aliphatic hydroxyl groups is 1. The van der Waals surface area contributed by atoms with Crippen molar-refractivity contribution in [3.8, 4) is 5.75 Å². The van der Waals surface area contributed by atoms with Gasteiger partial charge in [0, 0.05) is 19.1 Å². The third-order valence-electron chi connectivity index (χ3n) is 3.42. The first-order chi connectivity index (χ1) is 9.40. The van der Waals surface area contributed by atoms with Crippen molar-refractivity contribution in [3.63, 3.8) is 0 Å². The lowest BCUT2D eigenvalue weighted by Gasteiger charge is -2.27. The van der Waals surface area contributed by atoms with Gasteiger partial charge in [-0.05, 0) is 58.2 Å². The van der Waals surface area contributed by atoms with Crippen molar-refractivity contribution < 1.29 is 9.84 Å². The maximum Gasteiger partial charge on any atom is 0.122 e. The lowest BCUT2D eigenvalue weighted by molar-refractivity contribution is 0.103. The molecule has 1 rings (SSSR count). The molecule has 0 aliphatic rings. The number of aryl methyl sites for hydroxylation is 2. The van der Waals surface area contributed by atoms with Crippen molar-refractivity contribution in [2.75, 3.05) is 19.7 Å². The molecular formula is C17H29NO2. The van der Waals surface area contributed by atoms with Crippen molar-refractivity contribution in [1.29, 1.82) is 0 Å². The summed E-state index contributed by atoms with van der Waals surface area (Å²) >= 11 is 0. The van der Waals surface area contributed by atoms with Crippen molar-refractivity contribution in [1.82, 2.24) is 4.90 Å². The summed E-state index contributed by atoms with van der Waals surface area (Å²) in [6.45, 7) is 12.7. The van der Waals surface area contributed by atoms with Crippen LogP contribution in [-0.4, -0.2) is 41.8 Å². The number of nitrogens with zero attached hydrogens (tertiary/aromatic N) is 1. The first kappa shape index (κ1) is 17.0. The Morgan fingerprint density at radius 3 is 2.50 bits per heavy atom. The lowest BCUT2D eigenvalue weighted by atomic mass is 10.1. The van der Waals surface area contributed by atoms with E-state index in [1.807, 2.05) is 6.92 Å². The van der Waals surface area contributed by atoms with Crippen molar-refractivity contribution in [3.05, 3.63) is 29.3 Å². The number of hydrogen-bond donors (Lipinski definition) is 1. The molecule has 3 heteroatoms. The van der Waals surface area contributed by atoms with Gasteiger partial charge in [-0.15, -0.1) is 0 Å². The molecule has 1 unspecified atom stereocenters. The predicted molar refractivity (Wildman–Crippen MR) is 84.4 cm³/mol. The molecule has 1 atom stereocenters. The van der Waals surface area contributed by atoms with Crippen LogP contribution in [0.25, 0.3) is 0 Å². The van der Waals surface area contributed by atoms with Crippen LogP contribution in [0.3, 0.4) is 0 Å². The van der Waals surface area contributed by atoms with E-state index in [0.29, 0.717) is 12.6 Å². The highest BCUT2D eigenvalue weighted by atomic mass is 16.5. The quantitative estimate of drug-likeness (QED) is 0.742. The highest BCUT2D eigenvalue weighted by molar-refractivity contribution is 5.35. The van der Waals surface area contributed by atoms with E-state index in [1.165, 1.54) is 11.1 Å². The standard InChI is InChI=1S/C17H29NO2/c1-13(2)18(12-16(5)19)9-6-10-20-17-11-14(3)7-8-15(17)4/h7-8,11,13,16,19H,6,9-10,12H2,1-5H3. The van der Waals surface area contributed by atoms with E-state index >= 15 is 0 Å². The Hall–Kier alpha value is -1.06.